The molecule has 4 aromatic rings. The van der Waals surface area contributed by atoms with Crippen molar-refractivity contribution < 1.29 is 0 Å². The first-order valence-corrected chi connectivity index (χ1v) is 8.65. The number of aromatic nitrogens is 4. The van der Waals surface area contributed by atoms with Gasteiger partial charge in [-0.15, -0.1) is 0 Å². The first-order chi connectivity index (χ1) is 13.3. The number of rotatable bonds is 5. The molecule has 2 aromatic carbocycles. The summed E-state index contributed by atoms with van der Waals surface area (Å²) in [4.78, 5) is 17.1. The topological polar surface area (TPSA) is 77.1 Å². The lowest BCUT2D eigenvalue weighted by Gasteiger charge is -2.10. The summed E-state index contributed by atoms with van der Waals surface area (Å²) >= 11 is 0. The molecule has 4 rings (SSSR count). The van der Waals surface area contributed by atoms with E-state index in [1.54, 1.807) is 27.7 Å². The number of hydrogen-bond acceptors (Lipinski definition) is 5. The lowest BCUT2D eigenvalue weighted by Crippen LogP contribution is -2.23. The van der Waals surface area contributed by atoms with Crippen LogP contribution < -0.4 is 11.0 Å². The molecule has 134 valence electrons. The van der Waals surface area contributed by atoms with Gasteiger partial charge in [0, 0.05) is 18.3 Å². The number of fused-ring (bicyclic) bond motifs is 1. The average molecular weight is 358 g/mol. The third-order valence-corrected chi connectivity index (χ3v) is 4.18. The number of nitrogens with zero attached hydrogens (tertiary/aromatic N) is 5. The molecule has 0 unspecified atom stereocenters. The molecule has 0 aliphatic rings. The molecular formula is C20H18N6O. The summed E-state index contributed by atoms with van der Waals surface area (Å²) in [6, 6.07) is 17.1. The zero-order chi connectivity index (χ0) is 18.6. The summed E-state index contributed by atoms with van der Waals surface area (Å²) in [5.74, 6) is 0.410. The Morgan fingerprint density at radius 3 is 2.70 bits per heavy atom. The molecule has 27 heavy (non-hydrogen) atoms. The minimum atomic E-state index is -0.0855. The van der Waals surface area contributed by atoms with Gasteiger partial charge in [-0.05, 0) is 31.2 Å². The second-order valence-corrected chi connectivity index (χ2v) is 5.93. The fourth-order valence-corrected chi connectivity index (χ4v) is 2.84. The summed E-state index contributed by atoms with van der Waals surface area (Å²) in [6.07, 6.45) is 5.24. The number of anilines is 1. The van der Waals surface area contributed by atoms with Crippen molar-refractivity contribution in [3.63, 3.8) is 0 Å². The van der Waals surface area contributed by atoms with Crippen molar-refractivity contribution in [2.45, 2.75) is 13.5 Å². The van der Waals surface area contributed by atoms with Gasteiger partial charge in [0.25, 0.3) is 5.56 Å². The molecule has 0 saturated heterocycles. The summed E-state index contributed by atoms with van der Waals surface area (Å²) in [5.41, 5.74) is 5.24. The van der Waals surface area contributed by atoms with E-state index in [0.717, 1.165) is 11.3 Å². The number of nitrogens with one attached hydrogen (secondary N) is 1. The Morgan fingerprint density at radius 1 is 1.11 bits per heavy atom. The molecule has 0 fully saturated rings. The molecule has 0 radical (unpaired) electrons. The molecule has 1 N–H and O–H groups in total. The Bertz CT molecular complexity index is 1160. The van der Waals surface area contributed by atoms with Crippen molar-refractivity contribution in [1.82, 2.24) is 19.3 Å². The van der Waals surface area contributed by atoms with Gasteiger partial charge in [0.2, 0.25) is 5.95 Å². The second kappa shape index (κ2) is 7.25. The van der Waals surface area contributed by atoms with E-state index in [9.17, 15) is 4.79 Å². The first kappa shape index (κ1) is 16.7. The molecule has 2 aromatic heterocycles. The largest absolute Gasteiger partial charge is 0.277 e. The fourth-order valence-electron chi connectivity index (χ4n) is 2.84. The third-order valence-electron chi connectivity index (χ3n) is 4.18. The summed E-state index contributed by atoms with van der Waals surface area (Å²) in [5, 5.41) is 9.15. The monoisotopic (exact) mass is 358 g/mol. The smallest absolute Gasteiger partial charge is 0.262 e. The van der Waals surface area contributed by atoms with E-state index in [-0.39, 0.29) is 5.56 Å². The maximum atomic E-state index is 12.6. The zero-order valence-corrected chi connectivity index (χ0v) is 14.8. The fraction of sp³-hybridized carbons (Fsp3) is 0.100. The van der Waals surface area contributed by atoms with E-state index in [2.05, 4.69) is 20.6 Å². The molecule has 0 bridgehead atoms. The van der Waals surface area contributed by atoms with E-state index in [0.29, 0.717) is 23.4 Å². The molecule has 0 atom stereocenters. The van der Waals surface area contributed by atoms with Gasteiger partial charge >= 0.3 is 0 Å². The zero-order valence-electron chi connectivity index (χ0n) is 14.8. The third kappa shape index (κ3) is 3.35. The van der Waals surface area contributed by atoms with Crippen LogP contribution in [0, 0.1) is 0 Å². The minimum absolute atomic E-state index is 0.0855. The highest BCUT2D eigenvalue weighted by atomic mass is 16.1. The van der Waals surface area contributed by atoms with Gasteiger partial charge in [0.05, 0.1) is 29.0 Å². The van der Waals surface area contributed by atoms with Crippen LogP contribution in [0.4, 0.5) is 5.95 Å². The molecule has 0 aliphatic carbocycles. The van der Waals surface area contributed by atoms with Crippen LogP contribution in [0.15, 0.2) is 76.9 Å². The van der Waals surface area contributed by atoms with Gasteiger partial charge in [-0.2, -0.15) is 10.2 Å². The molecule has 0 amide bonds. The Kier molecular flexibility index (Phi) is 4.49. The maximum absolute atomic E-state index is 12.6. The maximum Gasteiger partial charge on any atom is 0.262 e. The van der Waals surface area contributed by atoms with Gasteiger partial charge in [-0.1, -0.05) is 30.3 Å². The van der Waals surface area contributed by atoms with Crippen LogP contribution in [0.25, 0.3) is 16.6 Å². The van der Waals surface area contributed by atoms with Crippen LogP contribution in [0.2, 0.25) is 0 Å². The number of benzene rings is 2. The van der Waals surface area contributed by atoms with Crippen molar-refractivity contribution in [2.75, 3.05) is 5.43 Å². The second-order valence-electron chi connectivity index (χ2n) is 5.93. The molecule has 7 heteroatoms. The number of para-hydroxylation sites is 2. The lowest BCUT2D eigenvalue weighted by molar-refractivity contribution is 0.724. The summed E-state index contributed by atoms with van der Waals surface area (Å²) < 4.78 is 3.34. The van der Waals surface area contributed by atoms with Gasteiger partial charge in [-0.25, -0.2) is 15.1 Å². The van der Waals surface area contributed by atoms with Crippen LogP contribution in [-0.4, -0.2) is 25.5 Å². The van der Waals surface area contributed by atoms with E-state index in [1.165, 1.54) is 0 Å². The van der Waals surface area contributed by atoms with Crippen LogP contribution >= 0.6 is 0 Å². The average Bonchev–Trinajstić information content (AvgIpc) is 3.18. The SMILES string of the molecule is CCn1c(N/N=C\c2cnn(-c3ccccc3)c2)nc2ccccc2c1=O. The van der Waals surface area contributed by atoms with Crippen molar-refractivity contribution in [2.24, 2.45) is 5.10 Å². The summed E-state index contributed by atoms with van der Waals surface area (Å²) in [6.45, 7) is 2.40. The molecule has 2 heterocycles. The van der Waals surface area contributed by atoms with Crippen molar-refractivity contribution in [3.8, 4) is 5.69 Å². The van der Waals surface area contributed by atoms with Crippen LogP contribution in [-0.2, 0) is 6.54 Å². The van der Waals surface area contributed by atoms with E-state index in [4.69, 9.17) is 0 Å². The minimum Gasteiger partial charge on any atom is -0.277 e. The van der Waals surface area contributed by atoms with Crippen LogP contribution in [0.1, 0.15) is 12.5 Å². The lowest BCUT2D eigenvalue weighted by atomic mass is 10.2. The Morgan fingerprint density at radius 2 is 1.89 bits per heavy atom. The van der Waals surface area contributed by atoms with Gasteiger partial charge in [-0.3, -0.25) is 9.36 Å². The standard InChI is InChI=1S/C20H18N6O/c1-2-25-19(27)17-10-6-7-11-18(17)23-20(25)24-21-12-15-13-22-26(14-15)16-8-4-3-5-9-16/h3-14H,2H2,1H3,(H,23,24)/b21-12-. The normalized spacial score (nSPS) is 11.3. The predicted molar refractivity (Wildman–Crippen MR) is 106 cm³/mol. The number of hydrogen-bond donors (Lipinski definition) is 1. The number of hydrazone groups is 1. The quantitative estimate of drug-likeness (QED) is 0.439. The predicted octanol–water partition coefficient (Wildman–Crippen LogP) is 3.05. The van der Waals surface area contributed by atoms with Crippen molar-refractivity contribution in [3.05, 3.63) is 82.9 Å². The van der Waals surface area contributed by atoms with Gasteiger partial charge < -0.3 is 0 Å². The summed E-state index contributed by atoms with van der Waals surface area (Å²) in [7, 11) is 0. The van der Waals surface area contributed by atoms with E-state index < -0.39 is 0 Å². The van der Waals surface area contributed by atoms with Crippen LogP contribution in [0.5, 0.6) is 0 Å². The molecule has 0 saturated carbocycles. The van der Waals surface area contributed by atoms with Crippen LogP contribution in [0.3, 0.4) is 0 Å². The van der Waals surface area contributed by atoms with Crippen molar-refractivity contribution in [1.29, 1.82) is 0 Å². The Hall–Kier alpha value is -3.74. The van der Waals surface area contributed by atoms with Gasteiger partial charge in [0.1, 0.15) is 0 Å². The van der Waals surface area contributed by atoms with Gasteiger partial charge in [0.15, 0.2) is 0 Å². The molecule has 0 spiro atoms. The molecule has 7 nitrogen and oxygen atoms in total. The molecule has 0 aliphatic heterocycles. The first-order valence-electron chi connectivity index (χ1n) is 8.65. The van der Waals surface area contributed by atoms with E-state index >= 15 is 0 Å². The van der Waals surface area contributed by atoms with Crippen molar-refractivity contribution >= 4 is 23.1 Å². The highest BCUT2D eigenvalue weighted by Crippen LogP contribution is 2.11. The highest BCUT2D eigenvalue weighted by molar-refractivity contribution is 5.80. The van der Waals surface area contributed by atoms with E-state index in [1.807, 2.05) is 61.7 Å². The Balaban J connectivity index is 1.58. The molecular weight excluding hydrogens is 340 g/mol. The highest BCUT2D eigenvalue weighted by Gasteiger charge is 2.08. The Labute approximate surface area is 155 Å².